The van der Waals surface area contributed by atoms with E-state index in [1.807, 2.05) is 0 Å². The van der Waals surface area contributed by atoms with E-state index in [1.165, 1.54) is 25.3 Å². The van der Waals surface area contributed by atoms with Crippen LogP contribution in [-0.2, 0) is 24.3 Å². The van der Waals surface area contributed by atoms with Gasteiger partial charge in [-0.05, 0) is 64.0 Å². The Bertz CT molecular complexity index is 1000. The van der Waals surface area contributed by atoms with Crippen molar-refractivity contribution in [2.45, 2.75) is 62.9 Å². The van der Waals surface area contributed by atoms with E-state index in [2.05, 4.69) is 11.4 Å². The Kier molecular flexibility index (Phi) is 8.58. The SMILES string of the molecule is C[C@@H](OC(=O)C1CCN(S(=O)(=O)c2ccc(F)cc2F)CC1)C(=O)NCCC1=CCCCC1. The minimum atomic E-state index is -4.14. The van der Waals surface area contributed by atoms with Crippen LogP contribution in [0, 0.1) is 17.6 Å². The molecule has 0 saturated carbocycles. The summed E-state index contributed by atoms with van der Waals surface area (Å²) in [4.78, 5) is 24.1. The number of nitrogens with zero attached hydrogens (tertiary/aromatic N) is 1. The number of allylic oxidation sites excluding steroid dienone is 1. The van der Waals surface area contributed by atoms with Crippen molar-refractivity contribution < 1.29 is 31.5 Å². The Morgan fingerprint density at radius 3 is 2.58 bits per heavy atom. The van der Waals surface area contributed by atoms with E-state index in [9.17, 15) is 26.8 Å². The lowest BCUT2D eigenvalue weighted by molar-refractivity contribution is -0.159. The highest BCUT2D eigenvalue weighted by Gasteiger charge is 2.35. The van der Waals surface area contributed by atoms with Gasteiger partial charge in [0.25, 0.3) is 5.91 Å². The van der Waals surface area contributed by atoms with E-state index < -0.39 is 44.5 Å². The average molecular weight is 485 g/mol. The average Bonchev–Trinajstić information content (AvgIpc) is 2.79. The van der Waals surface area contributed by atoms with Crippen molar-refractivity contribution in [1.82, 2.24) is 9.62 Å². The molecule has 1 aliphatic heterocycles. The predicted molar refractivity (Wildman–Crippen MR) is 118 cm³/mol. The Morgan fingerprint density at radius 2 is 1.94 bits per heavy atom. The number of piperidine rings is 1. The van der Waals surface area contributed by atoms with E-state index in [0.717, 1.165) is 35.7 Å². The first-order valence-corrected chi connectivity index (χ1v) is 12.7. The lowest BCUT2D eigenvalue weighted by atomic mass is 9.97. The normalized spacial score (nSPS) is 18.9. The lowest BCUT2D eigenvalue weighted by Crippen LogP contribution is -2.42. The molecule has 1 heterocycles. The van der Waals surface area contributed by atoms with Crippen LogP contribution in [-0.4, -0.2) is 50.3 Å². The van der Waals surface area contributed by atoms with Gasteiger partial charge in [0.2, 0.25) is 10.0 Å². The fourth-order valence-corrected chi connectivity index (χ4v) is 5.62. The van der Waals surface area contributed by atoms with Gasteiger partial charge in [-0.25, -0.2) is 17.2 Å². The molecule has 1 fully saturated rings. The fourth-order valence-electron chi connectivity index (χ4n) is 4.10. The van der Waals surface area contributed by atoms with E-state index in [4.69, 9.17) is 4.74 Å². The number of esters is 1. The first-order valence-electron chi connectivity index (χ1n) is 11.3. The summed E-state index contributed by atoms with van der Waals surface area (Å²) in [6, 6.07) is 2.31. The van der Waals surface area contributed by atoms with Gasteiger partial charge in [0, 0.05) is 25.7 Å². The number of amides is 1. The van der Waals surface area contributed by atoms with Crippen LogP contribution in [0.5, 0.6) is 0 Å². The topological polar surface area (TPSA) is 92.8 Å². The largest absolute Gasteiger partial charge is 0.452 e. The van der Waals surface area contributed by atoms with Gasteiger partial charge in [-0.2, -0.15) is 4.31 Å². The van der Waals surface area contributed by atoms with Crippen LogP contribution < -0.4 is 5.32 Å². The number of sulfonamides is 1. The zero-order valence-electron chi connectivity index (χ0n) is 18.7. The molecule has 1 aromatic rings. The third kappa shape index (κ3) is 6.60. The van der Waals surface area contributed by atoms with Crippen LogP contribution in [0.3, 0.4) is 0 Å². The zero-order valence-corrected chi connectivity index (χ0v) is 19.5. The Hall–Kier alpha value is -2.33. The number of carbonyl (C=O) groups is 2. The summed E-state index contributed by atoms with van der Waals surface area (Å²) in [6.07, 6.45) is 6.94. The molecule has 33 heavy (non-hydrogen) atoms. The molecule has 0 unspecified atom stereocenters. The van der Waals surface area contributed by atoms with Gasteiger partial charge in [-0.1, -0.05) is 11.6 Å². The van der Waals surface area contributed by atoms with Crippen molar-refractivity contribution in [3.8, 4) is 0 Å². The Balaban J connectivity index is 1.45. The van der Waals surface area contributed by atoms with Crippen LogP contribution in [0.4, 0.5) is 8.78 Å². The first kappa shape index (κ1) is 25.3. The minimum absolute atomic E-state index is 0.00535. The molecule has 1 atom stereocenters. The second-order valence-electron chi connectivity index (χ2n) is 8.48. The molecule has 1 amide bonds. The van der Waals surface area contributed by atoms with E-state index in [1.54, 1.807) is 0 Å². The number of hydrogen-bond donors (Lipinski definition) is 1. The van der Waals surface area contributed by atoms with Crippen LogP contribution in [0.1, 0.15) is 51.9 Å². The van der Waals surface area contributed by atoms with Crippen molar-refractivity contribution >= 4 is 21.9 Å². The summed E-state index contributed by atoms with van der Waals surface area (Å²) < 4.78 is 58.8. The van der Waals surface area contributed by atoms with Crippen molar-refractivity contribution in [3.05, 3.63) is 41.5 Å². The van der Waals surface area contributed by atoms with E-state index >= 15 is 0 Å². The molecule has 7 nitrogen and oxygen atoms in total. The van der Waals surface area contributed by atoms with Crippen LogP contribution in [0.15, 0.2) is 34.7 Å². The molecule has 0 aromatic heterocycles. The molecule has 10 heteroatoms. The summed E-state index contributed by atoms with van der Waals surface area (Å²) in [7, 11) is -4.14. The molecule has 1 aromatic carbocycles. The summed E-state index contributed by atoms with van der Waals surface area (Å²) in [6.45, 7) is 1.98. The molecular weight excluding hydrogens is 454 g/mol. The molecule has 0 spiro atoms. The fraction of sp³-hybridized carbons (Fsp3) is 0.565. The molecule has 3 rings (SSSR count). The smallest absolute Gasteiger partial charge is 0.309 e. The summed E-state index contributed by atoms with van der Waals surface area (Å²) >= 11 is 0. The van der Waals surface area contributed by atoms with Crippen molar-refractivity contribution in [1.29, 1.82) is 0 Å². The maximum Gasteiger partial charge on any atom is 0.309 e. The highest BCUT2D eigenvalue weighted by Crippen LogP contribution is 2.26. The molecule has 1 saturated heterocycles. The second kappa shape index (κ2) is 11.2. The number of halogens is 2. The second-order valence-corrected chi connectivity index (χ2v) is 10.4. The van der Waals surface area contributed by atoms with Gasteiger partial charge in [-0.15, -0.1) is 0 Å². The lowest BCUT2D eigenvalue weighted by Gasteiger charge is -2.30. The third-order valence-electron chi connectivity index (χ3n) is 6.09. The Labute approximate surface area is 193 Å². The Morgan fingerprint density at radius 1 is 1.21 bits per heavy atom. The van der Waals surface area contributed by atoms with Crippen LogP contribution in [0.2, 0.25) is 0 Å². The van der Waals surface area contributed by atoms with Crippen LogP contribution in [0.25, 0.3) is 0 Å². The molecule has 182 valence electrons. The first-order chi connectivity index (χ1) is 15.7. The van der Waals surface area contributed by atoms with E-state index in [0.29, 0.717) is 12.6 Å². The van der Waals surface area contributed by atoms with Gasteiger partial charge < -0.3 is 10.1 Å². The number of hydrogen-bond acceptors (Lipinski definition) is 5. The highest BCUT2D eigenvalue weighted by atomic mass is 32.2. The molecule has 2 aliphatic rings. The van der Waals surface area contributed by atoms with Gasteiger partial charge in [0.05, 0.1) is 5.92 Å². The molecule has 1 N–H and O–H groups in total. The number of benzene rings is 1. The number of rotatable bonds is 8. The number of ether oxygens (including phenoxy) is 1. The van der Waals surface area contributed by atoms with Gasteiger partial charge in [0.15, 0.2) is 6.10 Å². The molecule has 0 bridgehead atoms. The van der Waals surface area contributed by atoms with E-state index in [-0.39, 0.29) is 31.8 Å². The van der Waals surface area contributed by atoms with Gasteiger partial charge in [0.1, 0.15) is 16.5 Å². The zero-order chi connectivity index (χ0) is 24.0. The monoisotopic (exact) mass is 484 g/mol. The number of carbonyl (C=O) groups excluding carboxylic acids is 2. The van der Waals surface area contributed by atoms with Crippen molar-refractivity contribution in [2.75, 3.05) is 19.6 Å². The van der Waals surface area contributed by atoms with Gasteiger partial charge in [-0.3, -0.25) is 9.59 Å². The number of nitrogens with one attached hydrogen (secondary N) is 1. The highest BCUT2D eigenvalue weighted by molar-refractivity contribution is 7.89. The van der Waals surface area contributed by atoms with Crippen LogP contribution >= 0.6 is 0 Å². The summed E-state index contributed by atoms with van der Waals surface area (Å²) in [5.41, 5.74) is 1.34. The third-order valence-corrected chi connectivity index (χ3v) is 8.02. The maximum atomic E-state index is 14.0. The molecule has 0 radical (unpaired) electrons. The van der Waals surface area contributed by atoms with Crippen molar-refractivity contribution in [3.63, 3.8) is 0 Å². The minimum Gasteiger partial charge on any atom is -0.452 e. The summed E-state index contributed by atoms with van der Waals surface area (Å²) in [5, 5.41) is 2.79. The van der Waals surface area contributed by atoms with Gasteiger partial charge >= 0.3 is 5.97 Å². The standard InChI is InChI=1S/C23H30F2N2O5S/c1-16(22(28)26-12-9-17-5-3-2-4-6-17)32-23(29)18-10-13-27(14-11-18)33(30,31)21-8-7-19(24)15-20(21)25/h5,7-8,15-16,18H,2-4,6,9-14H2,1H3,(H,26,28)/t16-/m1/s1. The van der Waals surface area contributed by atoms with Crippen molar-refractivity contribution in [2.24, 2.45) is 5.92 Å². The molecule has 1 aliphatic carbocycles. The molecular formula is C23H30F2N2O5S. The summed E-state index contributed by atoms with van der Waals surface area (Å²) in [5.74, 6) is -3.50. The predicted octanol–water partition coefficient (Wildman–Crippen LogP) is 3.30. The maximum absolute atomic E-state index is 14.0. The quantitative estimate of drug-likeness (QED) is 0.452.